The van der Waals surface area contributed by atoms with E-state index in [4.69, 9.17) is 42.1 Å². The van der Waals surface area contributed by atoms with Crippen LogP contribution in [-0.4, -0.2) is 102 Å². The summed E-state index contributed by atoms with van der Waals surface area (Å²) in [6.45, 7) is 8.49. The number of aliphatic hydroxyl groups is 1. The highest BCUT2D eigenvalue weighted by Crippen LogP contribution is 2.50. The van der Waals surface area contributed by atoms with Crippen molar-refractivity contribution in [1.82, 2.24) is 4.90 Å². The van der Waals surface area contributed by atoms with Crippen LogP contribution >= 0.6 is 23.2 Å². The summed E-state index contributed by atoms with van der Waals surface area (Å²) in [6.07, 6.45) is 1.31. The number of allylic oxidation sites excluding steroid dienone is 3. The van der Waals surface area contributed by atoms with Crippen LogP contribution < -0.4 is 4.90 Å². The number of esters is 2. The molecule has 8 atom stereocenters. The largest absolute Gasteiger partial charge is 0.462 e. The SMILES string of the molecule is CO[C@@H]1/C=C/C=C(\C)Cc2cc(C)c(Cl)c(c2)N(C)C(=O)C[C@H](OC(=O)[C@H](C)N(C)C(=O)c2cc(F)c([N+](=O)[O-])cc2Cl)[C@]2(C)O[C@H]2[C@H](C)[C@@H]2C[C@@]1(O)CC(=O)O2. The number of methoxy groups -OCH3 is 1. The molecule has 4 bridgehead atoms. The summed E-state index contributed by atoms with van der Waals surface area (Å²) in [7, 11) is 4.23. The molecule has 0 saturated carbocycles. The highest BCUT2D eigenvalue weighted by atomic mass is 35.5. The van der Waals surface area contributed by atoms with Gasteiger partial charge in [-0.1, -0.05) is 60.0 Å². The van der Waals surface area contributed by atoms with E-state index >= 15 is 0 Å². The monoisotopic (exact) mass is 833 g/mol. The van der Waals surface area contributed by atoms with E-state index in [1.807, 2.05) is 26.0 Å². The second-order valence-corrected chi connectivity index (χ2v) is 16.1. The van der Waals surface area contributed by atoms with Gasteiger partial charge in [0.05, 0.1) is 45.2 Å². The lowest BCUT2D eigenvalue weighted by Gasteiger charge is -2.41. The maximum absolute atomic E-state index is 14.5. The Morgan fingerprint density at radius 1 is 1.19 bits per heavy atom. The lowest BCUT2D eigenvalue weighted by molar-refractivity contribution is -0.387. The highest BCUT2D eigenvalue weighted by molar-refractivity contribution is 6.35. The number of hydrogen-bond acceptors (Lipinski definition) is 11. The number of amides is 2. The minimum atomic E-state index is -1.63. The third kappa shape index (κ3) is 9.02. The summed E-state index contributed by atoms with van der Waals surface area (Å²) in [5.41, 5.74) is -1.37. The Hall–Kier alpha value is -4.41. The number of epoxide rings is 1. The number of nitrogens with zero attached hydrogens (tertiary/aromatic N) is 3. The Morgan fingerprint density at radius 3 is 2.53 bits per heavy atom. The van der Waals surface area contributed by atoms with Crippen molar-refractivity contribution >= 4 is 58.3 Å². The first-order valence-electron chi connectivity index (χ1n) is 18.2. The van der Waals surface area contributed by atoms with Crippen LogP contribution in [0.1, 0.15) is 68.4 Å². The average Bonchev–Trinajstić information content (AvgIpc) is 3.84. The number of rotatable bonds is 6. The van der Waals surface area contributed by atoms with Crippen LogP contribution in [0, 0.1) is 28.8 Å². The lowest BCUT2D eigenvalue weighted by atomic mass is 9.78. The summed E-state index contributed by atoms with van der Waals surface area (Å²) in [5, 5.41) is 23.0. The Kier molecular flexibility index (Phi) is 12.9. The van der Waals surface area contributed by atoms with Gasteiger partial charge in [0, 0.05) is 39.6 Å². The number of halogens is 3. The number of nitro benzene ring substituents is 1. The maximum atomic E-state index is 14.5. The molecule has 3 aliphatic heterocycles. The molecular formula is C40H46Cl2FN3O11. The van der Waals surface area contributed by atoms with Gasteiger partial charge in [0.25, 0.3) is 5.91 Å². The molecule has 3 aliphatic rings. The molecule has 0 unspecified atom stereocenters. The number of likely N-dealkylation sites (N-methyl/N-ethyl adjacent to an activating group) is 1. The second-order valence-electron chi connectivity index (χ2n) is 15.3. The summed E-state index contributed by atoms with van der Waals surface area (Å²) in [6, 6.07) is 3.69. The molecule has 308 valence electrons. The Morgan fingerprint density at radius 2 is 1.88 bits per heavy atom. The third-order valence-corrected chi connectivity index (χ3v) is 12.0. The lowest BCUT2D eigenvalue weighted by Crippen LogP contribution is -2.53. The van der Waals surface area contributed by atoms with E-state index in [9.17, 15) is 38.8 Å². The van der Waals surface area contributed by atoms with Gasteiger partial charge in [-0.2, -0.15) is 4.39 Å². The standard InChI is InChI=1S/C40H46Cl2FN3O11/c1-20-10-9-11-31(54-8)40(51)18-30(55-34(48)19-40)22(3)36-39(5,57-36)32(17-33(47)45(7)29-14-24(12-20)13-21(2)35(29)42)56-38(50)23(4)44(6)37(49)25-15-27(43)28(46(52)53)16-26(25)41/h9-11,13-16,22-23,30-32,36,51H,12,17-19H2,1-8H3/b11-9+,20-10+/t22-,23+,30+,31-,32+,36+,39+,40-/m1/s1. The fourth-order valence-electron chi connectivity index (χ4n) is 7.50. The van der Waals surface area contributed by atoms with E-state index in [1.165, 1.54) is 26.0 Å². The average molecular weight is 835 g/mol. The van der Waals surface area contributed by atoms with Crippen molar-refractivity contribution in [1.29, 1.82) is 0 Å². The molecule has 14 nitrogen and oxygen atoms in total. The third-order valence-electron chi connectivity index (χ3n) is 11.2. The summed E-state index contributed by atoms with van der Waals surface area (Å²) >= 11 is 12.9. The number of benzene rings is 2. The van der Waals surface area contributed by atoms with Gasteiger partial charge in [0.2, 0.25) is 11.7 Å². The van der Waals surface area contributed by atoms with Crippen LogP contribution in [0.15, 0.2) is 48.1 Å². The van der Waals surface area contributed by atoms with Crippen LogP contribution in [-0.2, 0) is 39.8 Å². The number of ether oxygens (including phenoxy) is 4. The first kappa shape index (κ1) is 43.7. The van der Waals surface area contributed by atoms with E-state index in [1.54, 1.807) is 39.1 Å². The number of hydrogen-bond donors (Lipinski definition) is 1. The minimum absolute atomic E-state index is 0.00708. The number of carbonyl (C=O) groups is 4. The van der Waals surface area contributed by atoms with Gasteiger partial charge in [-0.25, -0.2) is 4.79 Å². The van der Waals surface area contributed by atoms with Crippen molar-refractivity contribution in [3.63, 3.8) is 0 Å². The summed E-state index contributed by atoms with van der Waals surface area (Å²) in [5.74, 6) is -4.90. The molecular weight excluding hydrogens is 788 g/mol. The molecule has 2 amide bonds. The zero-order chi connectivity index (χ0) is 42.3. The number of nitro groups is 1. The van der Waals surface area contributed by atoms with Gasteiger partial charge >= 0.3 is 17.6 Å². The quantitative estimate of drug-likeness (QED) is 0.154. The van der Waals surface area contributed by atoms with Crippen LogP contribution in [0.4, 0.5) is 15.8 Å². The maximum Gasteiger partial charge on any atom is 0.328 e. The first-order valence-corrected chi connectivity index (χ1v) is 19.0. The normalized spacial score (nSPS) is 29.9. The van der Waals surface area contributed by atoms with Gasteiger partial charge in [0.1, 0.15) is 35.6 Å². The summed E-state index contributed by atoms with van der Waals surface area (Å²) in [4.78, 5) is 66.9. The molecule has 2 saturated heterocycles. The molecule has 2 fully saturated rings. The van der Waals surface area contributed by atoms with Crippen LogP contribution in [0.25, 0.3) is 0 Å². The number of anilines is 1. The first-order chi connectivity index (χ1) is 26.6. The second kappa shape index (κ2) is 16.8. The van der Waals surface area contributed by atoms with Gasteiger partial charge < -0.3 is 33.9 Å². The van der Waals surface area contributed by atoms with Crippen molar-refractivity contribution in [2.24, 2.45) is 5.92 Å². The minimum Gasteiger partial charge on any atom is -0.462 e. The molecule has 0 spiro atoms. The topological polar surface area (TPSA) is 178 Å². The fourth-order valence-corrected chi connectivity index (χ4v) is 7.97. The number of aryl methyl sites for hydroxylation is 1. The van der Waals surface area contributed by atoms with Crippen molar-refractivity contribution in [3.8, 4) is 0 Å². The van der Waals surface area contributed by atoms with Crippen molar-refractivity contribution in [2.45, 2.75) is 102 Å². The zero-order valence-corrected chi connectivity index (χ0v) is 34.4. The van der Waals surface area contributed by atoms with Crippen molar-refractivity contribution < 1.29 is 52.5 Å². The van der Waals surface area contributed by atoms with E-state index in [-0.39, 0.29) is 12.8 Å². The fraction of sp³-hybridized carbons (Fsp3) is 0.500. The van der Waals surface area contributed by atoms with E-state index < -0.39 is 105 Å². The Bertz CT molecular complexity index is 2040. The van der Waals surface area contributed by atoms with Gasteiger partial charge in [-0.15, -0.1) is 0 Å². The molecule has 0 radical (unpaired) electrons. The molecule has 17 heteroatoms. The van der Waals surface area contributed by atoms with Gasteiger partial charge in [0.15, 0.2) is 0 Å². The van der Waals surface area contributed by atoms with Crippen LogP contribution in [0.2, 0.25) is 10.0 Å². The van der Waals surface area contributed by atoms with E-state index in [0.717, 1.165) is 21.6 Å². The van der Waals surface area contributed by atoms with Gasteiger partial charge in [-0.3, -0.25) is 24.5 Å². The Balaban J connectivity index is 1.51. The molecule has 1 N–H and O–H groups in total. The number of carbonyl (C=O) groups excluding carboxylic acids is 4. The van der Waals surface area contributed by atoms with Crippen LogP contribution in [0.5, 0.6) is 0 Å². The molecule has 0 aromatic heterocycles. The number of fused-ring (bicyclic) bond motifs is 5. The predicted octanol–water partition coefficient (Wildman–Crippen LogP) is 6.08. The van der Waals surface area contributed by atoms with E-state index in [2.05, 4.69) is 0 Å². The smallest absolute Gasteiger partial charge is 0.328 e. The molecule has 3 heterocycles. The van der Waals surface area contributed by atoms with Crippen molar-refractivity contribution in [3.05, 3.63) is 90.7 Å². The van der Waals surface area contributed by atoms with Crippen LogP contribution in [0.3, 0.4) is 0 Å². The molecule has 2 aromatic rings. The Labute approximate surface area is 339 Å². The van der Waals surface area contributed by atoms with Gasteiger partial charge in [-0.05, 0) is 57.4 Å². The van der Waals surface area contributed by atoms with E-state index in [0.29, 0.717) is 29.3 Å². The van der Waals surface area contributed by atoms with Crippen molar-refractivity contribution in [2.75, 3.05) is 26.1 Å². The molecule has 2 aromatic carbocycles. The molecule has 57 heavy (non-hydrogen) atoms. The zero-order valence-electron chi connectivity index (χ0n) is 32.8. The molecule has 5 rings (SSSR count). The highest BCUT2D eigenvalue weighted by Gasteiger charge is 2.64. The predicted molar refractivity (Wildman–Crippen MR) is 208 cm³/mol. The molecule has 0 aliphatic carbocycles. The summed E-state index contributed by atoms with van der Waals surface area (Å²) < 4.78 is 38.2.